The standard InChI is InChI=1S/C23H21N3O3/c1-29-19-8-4-3-7-18(19)20-21(25-13-5-2-6-14-25)23(28)26(22(20)27)17-11-9-16(15-24)10-12-17/h3-4,7-12H,2,5-6,13-14H2,1H3. The van der Waals surface area contributed by atoms with Crippen molar-refractivity contribution in [3.05, 3.63) is 65.4 Å². The number of benzene rings is 2. The minimum absolute atomic E-state index is 0.331. The largest absolute Gasteiger partial charge is 0.496 e. The molecule has 0 N–H and O–H groups in total. The number of nitrogens with zero attached hydrogens (tertiary/aromatic N) is 3. The number of carbonyl (C=O) groups is 2. The topological polar surface area (TPSA) is 73.6 Å². The Bertz CT molecular complexity index is 1030. The number of nitriles is 1. The number of hydrogen-bond donors (Lipinski definition) is 0. The average molecular weight is 387 g/mol. The summed E-state index contributed by atoms with van der Waals surface area (Å²) in [5.74, 6) is -0.146. The molecule has 0 atom stereocenters. The first kappa shape index (κ1) is 18.8. The van der Waals surface area contributed by atoms with Gasteiger partial charge in [-0.2, -0.15) is 5.26 Å². The zero-order chi connectivity index (χ0) is 20.4. The van der Waals surface area contributed by atoms with Gasteiger partial charge in [0.25, 0.3) is 11.8 Å². The number of piperidine rings is 1. The molecular weight excluding hydrogens is 366 g/mol. The Labute approximate surface area is 169 Å². The Morgan fingerprint density at radius 2 is 1.62 bits per heavy atom. The third kappa shape index (κ3) is 3.25. The second-order valence-corrected chi connectivity index (χ2v) is 7.08. The summed E-state index contributed by atoms with van der Waals surface area (Å²) in [7, 11) is 1.56. The maximum Gasteiger partial charge on any atom is 0.282 e. The highest BCUT2D eigenvalue weighted by molar-refractivity contribution is 6.45. The van der Waals surface area contributed by atoms with E-state index in [0.29, 0.717) is 33.8 Å². The van der Waals surface area contributed by atoms with E-state index in [0.717, 1.165) is 32.4 Å². The summed E-state index contributed by atoms with van der Waals surface area (Å²) < 4.78 is 5.48. The van der Waals surface area contributed by atoms with Crippen LogP contribution in [0.5, 0.6) is 5.75 Å². The van der Waals surface area contributed by atoms with Crippen LogP contribution in [-0.4, -0.2) is 36.9 Å². The lowest BCUT2D eigenvalue weighted by Gasteiger charge is -2.29. The van der Waals surface area contributed by atoms with Crippen molar-refractivity contribution in [1.29, 1.82) is 5.26 Å². The molecule has 0 aliphatic carbocycles. The number of likely N-dealkylation sites (tertiary alicyclic amines) is 1. The smallest absolute Gasteiger partial charge is 0.282 e. The molecule has 2 aliphatic heterocycles. The minimum atomic E-state index is -0.371. The normalized spacial score (nSPS) is 17.0. The molecule has 6 nitrogen and oxygen atoms in total. The molecule has 0 spiro atoms. The van der Waals surface area contributed by atoms with Crippen LogP contribution in [-0.2, 0) is 9.59 Å². The number of imide groups is 1. The first-order valence-electron chi connectivity index (χ1n) is 9.67. The van der Waals surface area contributed by atoms with E-state index < -0.39 is 0 Å². The number of anilines is 1. The summed E-state index contributed by atoms with van der Waals surface area (Å²) in [6.45, 7) is 1.49. The van der Waals surface area contributed by atoms with Crippen LogP contribution in [0.3, 0.4) is 0 Å². The van der Waals surface area contributed by atoms with Crippen LogP contribution in [0.2, 0.25) is 0 Å². The van der Waals surface area contributed by atoms with Crippen molar-refractivity contribution in [2.75, 3.05) is 25.1 Å². The fourth-order valence-electron chi connectivity index (χ4n) is 3.94. The van der Waals surface area contributed by atoms with Gasteiger partial charge in [0.15, 0.2) is 0 Å². The molecule has 0 aromatic heterocycles. The van der Waals surface area contributed by atoms with E-state index in [9.17, 15) is 9.59 Å². The van der Waals surface area contributed by atoms with Gasteiger partial charge in [-0.05, 0) is 49.6 Å². The monoisotopic (exact) mass is 387 g/mol. The van der Waals surface area contributed by atoms with Crippen molar-refractivity contribution >= 4 is 23.1 Å². The Balaban J connectivity index is 1.84. The number of rotatable bonds is 4. The Hall–Kier alpha value is -3.59. The highest BCUT2D eigenvalue weighted by Gasteiger charge is 2.43. The summed E-state index contributed by atoms with van der Waals surface area (Å²) in [6.07, 6.45) is 3.09. The molecule has 1 saturated heterocycles. The number of methoxy groups -OCH3 is 1. The summed E-state index contributed by atoms with van der Waals surface area (Å²) in [6, 6.07) is 15.8. The molecule has 29 heavy (non-hydrogen) atoms. The molecule has 2 aromatic carbocycles. The van der Waals surface area contributed by atoms with Crippen molar-refractivity contribution in [3.8, 4) is 11.8 Å². The Morgan fingerprint density at radius 1 is 0.931 bits per heavy atom. The van der Waals surface area contributed by atoms with Crippen molar-refractivity contribution < 1.29 is 14.3 Å². The van der Waals surface area contributed by atoms with E-state index in [1.165, 1.54) is 4.90 Å². The molecule has 0 unspecified atom stereocenters. The molecule has 0 saturated carbocycles. The van der Waals surface area contributed by atoms with Crippen molar-refractivity contribution in [1.82, 2.24) is 4.90 Å². The molecule has 2 amide bonds. The number of carbonyl (C=O) groups excluding carboxylic acids is 2. The molecule has 1 fully saturated rings. The number of ether oxygens (including phenoxy) is 1. The van der Waals surface area contributed by atoms with Crippen LogP contribution in [0.1, 0.15) is 30.4 Å². The Morgan fingerprint density at radius 3 is 2.28 bits per heavy atom. The molecule has 2 heterocycles. The van der Waals surface area contributed by atoms with Crippen LogP contribution < -0.4 is 9.64 Å². The van der Waals surface area contributed by atoms with Gasteiger partial charge in [0.05, 0.1) is 30.0 Å². The second kappa shape index (κ2) is 7.80. The lowest BCUT2D eigenvalue weighted by molar-refractivity contribution is -0.120. The van der Waals surface area contributed by atoms with E-state index in [1.807, 2.05) is 23.1 Å². The maximum absolute atomic E-state index is 13.5. The number of amides is 2. The van der Waals surface area contributed by atoms with Crippen LogP contribution in [0.15, 0.2) is 54.2 Å². The van der Waals surface area contributed by atoms with Gasteiger partial charge in [-0.1, -0.05) is 18.2 Å². The van der Waals surface area contributed by atoms with E-state index in [-0.39, 0.29) is 11.8 Å². The van der Waals surface area contributed by atoms with E-state index in [4.69, 9.17) is 10.00 Å². The summed E-state index contributed by atoms with van der Waals surface area (Å²) in [5, 5.41) is 9.03. The molecule has 0 bridgehead atoms. The zero-order valence-corrected chi connectivity index (χ0v) is 16.2. The van der Waals surface area contributed by atoms with Crippen LogP contribution in [0, 0.1) is 11.3 Å². The van der Waals surface area contributed by atoms with Gasteiger partial charge in [-0.3, -0.25) is 9.59 Å². The molecule has 2 aromatic rings. The van der Waals surface area contributed by atoms with Crippen LogP contribution in [0.4, 0.5) is 5.69 Å². The molecule has 2 aliphatic rings. The molecular formula is C23H21N3O3. The lowest BCUT2D eigenvalue weighted by Crippen LogP contribution is -2.37. The predicted octanol–water partition coefficient (Wildman–Crippen LogP) is 3.34. The van der Waals surface area contributed by atoms with Gasteiger partial charge in [-0.15, -0.1) is 0 Å². The quantitative estimate of drug-likeness (QED) is 0.753. The Kier molecular flexibility index (Phi) is 5.05. The van der Waals surface area contributed by atoms with E-state index >= 15 is 0 Å². The van der Waals surface area contributed by atoms with Crippen molar-refractivity contribution in [3.63, 3.8) is 0 Å². The van der Waals surface area contributed by atoms with Gasteiger partial charge in [0.2, 0.25) is 0 Å². The first-order valence-corrected chi connectivity index (χ1v) is 9.67. The number of para-hydroxylation sites is 1. The predicted molar refractivity (Wildman–Crippen MR) is 109 cm³/mol. The molecule has 4 rings (SSSR count). The van der Waals surface area contributed by atoms with Gasteiger partial charge in [-0.25, -0.2) is 4.90 Å². The van der Waals surface area contributed by atoms with E-state index in [1.54, 1.807) is 37.4 Å². The summed E-state index contributed by atoms with van der Waals surface area (Å²) >= 11 is 0. The average Bonchev–Trinajstić information content (AvgIpc) is 3.04. The second-order valence-electron chi connectivity index (χ2n) is 7.08. The lowest BCUT2D eigenvalue weighted by atomic mass is 10.0. The fourth-order valence-corrected chi connectivity index (χ4v) is 3.94. The van der Waals surface area contributed by atoms with Gasteiger partial charge < -0.3 is 9.64 Å². The van der Waals surface area contributed by atoms with Gasteiger partial charge in [0.1, 0.15) is 11.4 Å². The van der Waals surface area contributed by atoms with Crippen molar-refractivity contribution in [2.24, 2.45) is 0 Å². The van der Waals surface area contributed by atoms with E-state index in [2.05, 4.69) is 6.07 Å². The highest BCUT2D eigenvalue weighted by atomic mass is 16.5. The highest BCUT2D eigenvalue weighted by Crippen LogP contribution is 2.38. The molecule has 6 heteroatoms. The third-order valence-electron chi connectivity index (χ3n) is 5.36. The summed E-state index contributed by atoms with van der Waals surface area (Å²) in [5.41, 5.74) is 2.35. The zero-order valence-electron chi connectivity index (χ0n) is 16.2. The third-order valence-corrected chi connectivity index (χ3v) is 5.36. The van der Waals surface area contributed by atoms with Crippen LogP contribution in [0.25, 0.3) is 5.57 Å². The number of hydrogen-bond acceptors (Lipinski definition) is 5. The SMILES string of the molecule is COc1ccccc1C1=C(N2CCCCC2)C(=O)N(c2ccc(C#N)cc2)C1=O. The van der Waals surface area contributed by atoms with Crippen molar-refractivity contribution in [2.45, 2.75) is 19.3 Å². The first-order chi connectivity index (χ1) is 14.2. The van der Waals surface area contributed by atoms with Gasteiger partial charge in [0, 0.05) is 18.7 Å². The fraction of sp³-hybridized carbons (Fsp3) is 0.261. The summed E-state index contributed by atoms with van der Waals surface area (Å²) in [4.78, 5) is 30.2. The minimum Gasteiger partial charge on any atom is -0.496 e. The molecule has 0 radical (unpaired) electrons. The van der Waals surface area contributed by atoms with Crippen LogP contribution >= 0.6 is 0 Å². The maximum atomic E-state index is 13.5. The molecule has 146 valence electrons. The van der Waals surface area contributed by atoms with Gasteiger partial charge >= 0.3 is 0 Å².